The number of thioether (sulfide) groups is 1. The summed E-state index contributed by atoms with van der Waals surface area (Å²) in [6.07, 6.45) is 1.06. The molecule has 1 aliphatic rings. The zero-order valence-electron chi connectivity index (χ0n) is 5.58. The standard InChI is InChI=1S/C5H11N3OS/c6-5(8-9)7-4-1-2-10-3-4/h4,9H,1-3H2,(H3,6,7,8). The average molecular weight is 161 g/mol. The van der Waals surface area contributed by atoms with Crippen LogP contribution in [-0.2, 0) is 0 Å². The van der Waals surface area contributed by atoms with E-state index in [-0.39, 0.29) is 5.96 Å². The van der Waals surface area contributed by atoms with E-state index in [0.29, 0.717) is 6.04 Å². The third-order valence-corrected chi connectivity index (χ3v) is 2.49. The van der Waals surface area contributed by atoms with E-state index >= 15 is 0 Å². The molecule has 4 nitrogen and oxygen atoms in total. The smallest absolute Gasteiger partial charge is 0.213 e. The summed E-state index contributed by atoms with van der Waals surface area (Å²) in [5.41, 5.74) is 7.04. The van der Waals surface area contributed by atoms with Gasteiger partial charge in [-0.3, -0.25) is 5.21 Å². The molecular weight excluding hydrogens is 150 g/mol. The van der Waals surface area contributed by atoms with Crippen LogP contribution in [0.4, 0.5) is 0 Å². The van der Waals surface area contributed by atoms with E-state index in [1.54, 1.807) is 0 Å². The molecule has 0 spiro atoms. The second-order valence-electron chi connectivity index (χ2n) is 2.14. The van der Waals surface area contributed by atoms with Gasteiger partial charge in [0.1, 0.15) is 0 Å². The van der Waals surface area contributed by atoms with Crippen molar-refractivity contribution in [2.45, 2.75) is 12.5 Å². The van der Waals surface area contributed by atoms with Crippen molar-refractivity contribution in [2.24, 2.45) is 10.7 Å². The Hall–Kier alpha value is -0.420. The lowest BCUT2D eigenvalue weighted by Crippen LogP contribution is -2.30. The topological polar surface area (TPSA) is 70.6 Å². The molecule has 10 heavy (non-hydrogen) atoms. The zero-order chi connectivity index (χ0) is 7.40. The molecule has 1 heterocycles. The first kappa shape index (κ1) is 7.68. The molecular formula is C5H11N3OS. The van der Waals surface area contributed by atoms with Crippen LogP contribution in [0, 0.1) is 0 Å². The van der Waals surface area contributed by atoms with Crippen LogP contribution in [0.15, 0.2) is 4.99 Å². The van der Waals surface area contributed by atoms with E-state index in [0.717, 1.165) is 17.9 Å². The Morgan fingerprint density at radius 1 is 1.80 bits per heavy atom. The van der Waals surface area contributed by atoms with Gasteiger partial charge >= 0.3 is 0 Å². The lowest BCUT2D eigenvalue weighted by molar-refractivity contribution is 0.232. The fourth-order valence-corrected chi connectivity index (χ4v) is 1.97. The number of nitrogens with zero attached hydrogens (tertiary/aromatic N) is 1. The van der Waals surface area contributed by atoms with E-state index < -0.39 is 0 Å². The lowest BCUT2D eigenvalue weighted by Gasteiger charge is -2.01. The molecule has 1 unspecified atom stereocenters. The normalized spacial score (nSPS) is 26.9. The highest BCUT2D eigenvalue weighted by Gasteiger charge is 2.13. The van der Waals surface area contributed by atoms with Crippen LogP contribution in [0.5, 0.6) is 0 Å². The van der Waals surface area contributed by atoms with Gasteiger partial charge in [-0.05, 0) is 12.2 Å². The zero-order valence-corrected chi connectivity index (χ0v) is 6.40. The molecule has 1 fully saturated rings. The van der Waals surface area contributed by atoms with E-state index in [2.05, 4.69) is 4.99 Å². The molecule has 5 heteroatoms. The van der Waals surface area contributed by atoms with E-state index in [1.807, 2.05) is 17.2 Å². The third-order valence-electron chi connectivity index (χ3n) is 1.34. The summed E-state index contributed by atoms with van der Waals surface area (Å²) in [5.74, 6) is 2.28. The number of rotatable bonds is 1. The molecule has 0 aliphatic carbocycles. The van der Waals surface area contributed by atoms with Crippen LogP contribution >= 0.6 is 11.8 Å². The number of aliphatic imine (C=N–C) groups is 1. The van der Waals surface area contributed by atoms with E-state index in [1.165, 1.54) is 0 Å². The summed E-state index contributed by atoms with van der Waals surface area (Å²) in [6, 6.07) is 0.296. The molecule has 1 aliphatic heterocycles. The minimum Gasteiger partial charge on any atom is -0.368 e. The summed E-state index contributed by atoms with van der Waals surface area (Å²) >= 11 is 1.86. The number of nitrogens with one attached hydrogen (secondary N) is 1. The molecule has 1 rings (SSSR count). The fourth-order valence-electron chi connectivity index (χ4n) is 0.849. The molecule has 0 aromatic rings. The van der Waals surface area contributed by atoms with Gasteiger partial charge in [0, 0.05) is 5.75 Å². The van der Waals surface area contributed by atoms with Crippen molar-refractivity contribution in [1.82, 2.24) is 5.48 Å². The Balaban J connectivity index is 2.34. The molecule has 58 valence electrons. The van der Waals surface area contributed by atoms with Gasteiger partial charge < -0.3 is 5.73 Å². The van der Waals surface area contributed by atoms with Crippen molar-refractivity contribution in [2.75, 3.05) is 11.5 Å². The Kier molecular flexibility index (Phi) is 2.82. The largest absolute Gasteiger partial charge is 0.368 e. The predicted octanol–water partition coefficient (Wildman–Crippen LogP) is -0.215. The minimum absolute atomic E-state index is 0.118. The van der Waals surface area contributed by atoms with Crippen LogP contribution in [0.25, 0.3) is 0 Å². The highest BCUT2D eigenvalue weighted by Crippen LogP contribution is 2.19. The van der Waals surface area contributed by atoms with E-state index in [4.69, 9.17) is 10.9 Å². The molecule has 0 radical (unpaired) electrons. The minimum atomic E-state index is 0.118. The summed E-state index contributed by atoms with van der Waals surface area (Å²) in [5, 5.41) is 8.28. The van der Waals surface area contributed by atoms with Crippen molar-refractivity contribution in [1.29, 1.82) is 0 Å². The van der Waals surface area contributed by atoms with Gasteiger partial charge in [-0.1, -0.05) is 0 Å². The maximum absolute atomic E-state index is 8.28. The summed E-state index contributed by atoms with van der Waals surface area (Å²) in [4.78, 5) is 4.01. The monoisotopic (exact) mass is 161 g/mol. The van der Waals surface area contributed by atoms with Crippen LogP contribution in [-0.4, -0.2) is 28.7 Å². The van der Waals surface area contributed by atoms with E-state index in [9.17, 15) is 0 Å². The maximum atomic E-state index is 8.28. The van der Waals surface area contributed by atoms with Gasteiger partial charge in [-0.25, -0.2) is 10.5 Å². The average Bonchev–Trinajstić information content (AvgIpc) is 2.40. The molecule has 1 saturated heterocycles. The second kappa shape index (κ2) is 3.68. The van der Waals surface area contributed by atoms with Crippen molar-refractivity contribution in [3.8, 4) is 0 Å². The maximum Gasteiger partial charge on any atom is 0.213 e. The molecule has 1 atom stereocenters. The first-order chi connectivity index (χ1) is 4.83. The second-order valence-corrected chi connectivity index (χ2v) is 3.29. The van der Waals surface area contributed by atoms with Crippen molar-refractivity contribution in [3.05, 3.63) is 0 Å². The Bertz CT molecular complexity index is 133. The lowest BCUT2D eigenvalue weighted by atomic mass is 10.3. The number of hydrogen-bond acceptors (Lipinski definition) is 3. The molecule has 4 N–H and O–H groups in total. The molecule has 0 saturated carbocycles. The highest BCUT2D eigenvalue weighted by atomic mass is 32.2. The van der Waals surface area contributed by atoms with Crippen LogP contribution in [0.2, 0.25) is 0 Å². The van der Waals surface area contributed by atoms with Crippen LogP contribution < -0.4 is 11.2 Å². The quantitative estimate of drug-likeness (QED) is 0.282. The molecule has 0 bridgehead atoms. The van der Waals surface area contributed by atoms with Gasteiger partial charge in [0.25, 0.3) is 0 Å². The predicted molar refractivity (Wildman–Crippen MR) is 42.3 cm³/mol. The Labute approximate surface area is 63.8 Å². The molecule has 0 aromatic carbocycles. The van der Waals surface area contributed by atoms with Gasteiger partial charge in [0.05, 0.1) is 6.04 Å². The van der Waals surface area contributed by atoms with Crippen molar-refractivity contribution < 1.29 is 5.21 Å². The fraction of sp³-hybridized carbons (Fsp3) is 0.800. The van der Waals surface area contributed by atoms with Crippen LogP contribution in [0.1, 0.15) is 6.42 Å². The number of hydroxylamine groups is 1. The number of nitrogens with two attached hydrogens (primary N) is 1. The first-order valence-corrected chi connectivity index (χ1v) is 4.29. The Morgan fingerprint density at radius 3 is 3.10 bits per heavy atom. The van der Waals surface area contributed by atoms with Crippen molar-refractivity contribution >= 4 is 17.7 Å². The van der Waals surface area contributed by atoms with Gasteiger partial charge in [0.15, 0.2) is 0 Å². The molecule has 0 aromatic heterocycles. The van der Waals surface area contributed by atoms with Gasteiger partial charge in [0.2, 0.25) is 5.96 Å². The summed E-state index contributed by atoms with van der Waals surface area (Å²) in [6.45, 7) is 0. The SMILES string of the molecule is NC(=NC1CCSC1)NO. The third kappa shape index (κ3) is 2.07. The summed E-state index contributed by atoms with van der Waals surface area (Å²) in [7, 11) is 0. The highest BCUT2D eigenvalue weighted by molar-refractivity contribution is 7.99. The number of hydrogen-bond donors (Lipinski definition) is 3. The number of guanidine groups is 1. The first-order valence-electron chi connectivity index (χ1n) is 3.14. The van der Waals surface area contributed by atoms with Gasteiger partial charge in [-0.2, -0.15) is 11.8 Å². The van der Waals surface area contributed by atoms with Crippen LogP contribution in [0.3, 0.4) is 0 Å². The molecule has 0 amide bonds. The Morgan fingerprint density at radius 2 is 2.60 bits per heavy atom. The van der Waals surface area contributed by atoms with Gasteiger partial charge in [-0.15, -0.1) is 0 Å². The summed E-state index contributed by atoms with van der Waals surface area (Å²) < 4.78 is 0. The van der Waals surface area contributed by atoms with Crippen molar-refractivity contribution in [3.63, 3.8) is 0 Å².